The van der Waals surface area contributed by atoms with Gasteiger partial charge in [-0.25, -0.2) is 14.5 Å². The molecule has 8 nitrogen and oxygen atoms in total. The summed E-state index contributed by atoms with van der Waals surface area (Å²) >= 11 is 0. The Bertz CT molecular complexity index is 1440. The Labute approximate surface area is 203 Å². The molecule has 174 valence electrons. The number of fused-ring (bicyclic) bond motifs is 1. The van der Waals surface area contributed by atoms with Crippen molar-refractivity contribution in [1.29, 1.82) is 0 Å². The van der Waals surface area contributed by atoms with E-state index in [-0.39, 0.29) is 0 Å². The SMILES string of the molecule is Nc1nn2cc(-c3ccnc(N4CCN(Cc5ccccc5)CC4)c3)cnc2c1-c1ccccn1. The molecule has 1 aromatic carbocycles. The Balaban J connectivity index is 1.21. The summed E-state index contributed by atoms with van der Waals surface area (Å²) in [4.78, 5) is 18.6. The molecular weight excluding hydrogens is 436 g/mol. The van der Waals surface area contributed by atoms with Crippen LogP contribution in [0.5, 0.6) is 0 Å². The lowest BCUT2D eigenvalue weighted by Gasteiger charge is -2.35. The molecule has 1 aliphatic rings. The number of nitrogen functional groups attached to an aromatic ring is 1. The number of anilines is 2. The van der Waals surface area contributed by atoms with Crippen LogP contribution in [0.15, 0.2) is 85.5 Å². The van der Waals surface area contributed by atoms with Crippen LogP contribution in [0.1, 0.15) is 5.56 Å². The summed E-state index contributed by atoms with van der Waals surface area (Å²) in [6.45, 7) is 4.91. The van der Waals surface area contributed by atoms with E-state index in [0.717, 1.165) is 60.9 Å². The number of nitrogens with zero attached hydrogens (tertiary/aromatic N) is 7. The Kier molecular flexibility index (Phi) is 5.56. The van der Waals surface area contributed by atoms with Gasteiger partial charge in [-0.1, -0.05) is 36.4 Å². The van der Waals surface area contributed by atoms with E-state index >= 15 is 0 Å². The minimum Gasteiger partial charge on any atom is -0.382 e. The summed E-state index contributed by atoms with van der Waals surface area (Å²) < 4.78 is 1.73. The first kappa shape index (κ1) is 21.2. The molecule has 0 spiro atoms. The molecule has 0 atom stereocenters. The van der Waals surface area contributed by atoms with Crippen LogP contribution in [0.4, 0.5) is 11.6 Å². The Morgan fingerprint density at radius 2 is 1.63 bits per heavy atom. The molecule has 6 rings (SSSR count). The molecule has 35 heavy (non-hydrogen) atoms. The molecule has 4 aromatic heterocycles. The third kappa shape index (κ3) is 4.31. The van der Waals surface area contributed by atoms with Crippen molar-refractivity contribution in [2.75, 3.05) is 36.8 Å². The number of aromatic nitrogens is 5. The molecule has 1 aliphatic heterocycles. The lowest BCUT2D eigenvalue weighted by molar-refractivity contribution is 0.249. The topological polar surface area (TPSA) is 88.5 Å². The zero-order valence-corrected chi connectivity index (χ0v) is 19.3. The molecule has 1 fully saturated rings. The van der Waals surface area contributed by atoms with Gasteiger partial charge in [0, 0.05) is 63.1 Å². The Morgan fingerprint density at radius 3 is 2.43 bits per heavy atom. The van der Waals surface area contributed by atoms with Crippen molar-refractivity contribution in [3.05, 3.63) is 91.0 Å². The highest BCUT2D eigenvalue weighted by Gasteiger charge is 2.19. The molecule has 0 unspecified atom stereocenters. The van der Waals surface area contributed by atoms with Gasteiger partial charge in [0.05, 0.1) is 11.3 Å². The number of hydrogen-bond donors (Lipinski definition) is 1. The van der Waals surface area contributed by atoms with E-state index in [1.165, 1.54) is 5.56 Å². The van der Waals surface area contributed by atoms with E-state index in [9.17, 15) is 0 Å². The second kappa shape index (κ2) is 9.15. The summed E-state index contributed by atoms with van der Waals surface area (Å²) in [5, 5.41) is 4.49. The molecule has 0 saturated carbocycles. The lowest BCUT2D eigenvalue weighted by atomic mass is 10.1. The average Bonchev–Trinajstić information content (AvgIpc) is 3.25. The predicted octanol–water partition coefficient (Wildman–Crippen LogP) is 3.76. The number of hydrogen-bond acceptors (Lipinski definition) is 7. The molecule has 0 aliphatic carbocycles. The molecule has 0 bridgehead atoms. The van der Waals surface area contributed by atoms with Crippen molar-refractivity contribution >= 4 is 17.3 Å². The fourth-order valence-electron chi connectivity index (χ4n) is 4.61. The standard InChI is InChI=1S/C27H26N8/c28-26-25(23-8-4-5-10-29-23)27-31-17-22(19-35(27)32-26)21-9-11-30-24(16-21)34-14-12-33(13-15-34)18-20-6-2-1-3-7-20/h1-11,16-17,19H,12-15,18H2,(H2,28,32). The molecule has 5 aromatic rings. The van der Waals surface area contributed by atoms with Crippen LogP contribution < -0.4 is 10.6 Å². The van der Waals surface area contributed by atoms with E-state index in [2.05, 4.69) is 66.2 Å². The highest BCUT2D eigenvalue weighted by molar-refractivity contribution is 5.84. The van der Waals surface area contributed by atoms with Gasteiger partial charge in [0.15, 0.2) is 11.5 Å². The summed E-state index contributed by atoms with van der Waals surface area (Å²) in [5.74, 6) is 1.40. The van der Waals surface area contributed by atoms with Crippen LogP contribution in [0.25, 0.3) is 28.0 Å². The normalized spacial score (nSPS) is 14.5. The van der Waals surface area contributed by atoms with Crippen LogP contribution >= 0.6 is 0 Å². The van der Waals surface area contributed by atoms with Crippen LogP contribution in [-0.4, -0.2) is 55.6 Å². The predicted molar refractivity (Wildman–Crippen MR) is 138 cm³/mol. The van der Waals surface area contributed by atoms with Gasteiger partial charge in [0.2, 0.25) is 0 Å². The van der Waals surface area contributed by atoms with E-state index in [4.69, 9.17) is 5.73 Å². The second-order valence-electron chi connectivity index (χ2n) is 8.74. The number of benzene rings is 1. The second-order valence-corrected chi connectivity index (χ2v) is 8.74. The fraction of sp³-hybridized carbons (Fsp3) is 0.185. The van der Waals surface area contributed by atoms with Gasteiger partial charge in [-0.3, -0.25) is 9.88 Å². The average molecular weight is 463 g/mol. The van der Waals surface area contributed by atoms with Gasteiger partial charge in [0.25, 0.3) is 0 Å². The van der Waals surface area contributed by atoms with Crippen molar-refractivity contribution < 1.29 is 0 Å². The zero-order valence-electron chi connectivity index (χ0n) is 19.3. The third-order valence-electron chi connectivity index (χ3n) is 6.44. The Hall–Kier alpha value is -4.30. The van der Waals surface area contributed by atoms with Gasteiger partial charge in [-0.2, -0.15) is 0 Å². The maximum Gasteiger partial charge on any atom is 0.166 e. The molecule has 2 N–H and O–H groups in total. The molecule has 0 radical (unpaired) electrons. The van der Waals surface area contributed by atoms with Crippen LogP contribution in [-0.2, 0) is 6.54 Å². The first-order chi connectivity index (χ1) is 17.2. The third-order valence-corrected chi connectivity index (χ3v) is 6.44. The van der Waals surface area contributed by atoms with E-state index < -0.39 is 0 Å². The van der Waals surface area contributed by atoms with Gasteiger partial charge in [-0.05, 0) is 35.4 Å². The summed E-state index contributed by atoms with van der Waals surface area (Å²) in [6, 6.07) is 20.5. The maximum absolute atomic E-state index is 6.22. The minimum absolute atomic E-state index is 0.414. The van der Waals surface area contributed by atoms with Crippen molar-refractivity contribution in [3.63, 3.8) is 0 Å². The molecule has 1 saturated heterocycles. The summed E-state index contributed by atoms with van der Waals surface area (Å²) in [7, 11) is 0. The largest absolute Gasteiger partial charge is 0.382 e. The van der Waals surface area contributed by atoms with Gasteiger partial charge < -0.3 is 10.6 Å². The Morgan fingerprint density at radius 1 is 0.800 bits per heavy atom. The van der Waals surface area contributed by atoms with Gasteiger partial charge >= 0.3 is 0 Å². The van der Waals surface area contributed by atoms with Crippen LogP contribution in [0, 0.1) is 0 Å². The van der Waals surface area contributed by atoms with E-state index in [1.54, 1.807) is 10.7 Å². The highest BCUT2D eigenvalue weighted by Crippen LogP contribution is 2.29. The zero-order chi connectivity index (χ0) is 23.6. The molecule has 0 amide bonds. The monoisotopic (exact) mass is 462 g/mol. The highest BCUT2D eigenvalue weighted by atomic mass is 15.3. The molecule has 8 heteroatoms. The summed E-state index contributed by atoms with van der Waals surface area (Å²) in [5.41, 5.74) is 11.8. The maximum atomic E-state index is 6.22. The molecule has 5 heterocycles. The van der Waals surface area contributed by atoms with Crippen molar-refractivity contribution in [3.8, 4) is 22.4 Å². The quantitative estimate of drug-likeness (QED) is 0.425. The van der Waals surface area contributed by atoms with Crippen molar-refractivity contribution in [2.45, 2.75) is 6.54 Å². The van der Waals surface area contributed by atoms with E-state index in [0.29, 0.717) is 11.5 Å². The van der Waals surface area contributed by atoms with Gasteiger partial charge in [0.1, 0.15) is 5.82 Å². The minimum atomic E-state index is 0.414. The first-order valence-electron chi connectivity index (χ1n) is 11.8. The van der Waals surface area contributed by atoms with E-state index in [1.807, 2.05) is 42.9 Å². The number of rotatable bonds is 5. The first-order valence-corrected chi connectivity index (χ1v) is 11.8. The summed E-state index contributed by atoms with van der Waals surface area (Å²) in [6.07, 6.45) is 7.43. The smallest absolute Gasteiger partial charge is 0.166 e. The lowest BCUT2D eigenvalue weighted by Crippen LogP contribution is -2.46. The number of pyridine rings is 2. The molecular formula is C27H26N8. The van der Waals surface area contributed by atoms with Crippen LogP contribution in [0.3, 0.4) is 0 Å². The van der Waals surface area contributed by atoms with Crippen LogP contribution in [0.2, 0.25) is 0 Å². The number of nitrogens with two attached hydrogens (primary N) is 1. The number of piperazine rings is 1. The fourth-order valence-corrected chi connectivity index (χ4v) is 4.61. The van der Waals surface area contributed by atoms with Crippen molar-refractivity contribution in [2.24, 2.45) is 0 Å². The van der Waals surface area contributed by atoms with Crippen molar-refractivity contribution in [1.82, 2.24) is 29.5 Å². The van der Waals surface area contributed by atoms with Gasteiger partial charge in [-0.15, -0.1) is 5.10 Å².